The molecular formula is C41H43N5O6. The molecule has 0 saturated carbocycles. The van der Waals surface area contributed by atoms with Gasteiger partial charge in [0, 0.05) is 76.5 Å². The fourth-order valence-corrected chi connectivity index (χ4v) is 7.43. The number of rotatable bonds is 9. The van der Waals surface area contributed by atoms with Crippen molar-refractivity contribution in [1.29, 1.82) is 0 Å². The van der Waals surface area contributed by atoms with Crippen LogP contribution in [0.5, 0.6) is 0 Å². The zero-order chi connectivity index (χ0) is 36.4. The minimum atomic E-state index is -0.916. The standard InChI is InChI=1S/C41H43N5O6/c1-26-9-11-30-21-28(10-12-29(30)20-26)22-34(43-40(50)38-24-36(48)33-23-32(42-27(2)47)13-14-37(33)52-38)41(51)45-18-16-44(17-19-45)35-7-4-3-6-31(35)25-46-15-5-8-39(46)49/h3-4,6-7,9-14,21,23-24,26,34H,5,8,15-20,22,25H2,1-2H3,(H,42,47)(H,43,50)/t26?,34-/m1/s1. The van der Waals surface area contributed by atoms with Crippen LogP contribution in [0.4, 0.5) is 11.4 Å². The van der Waals surface area contributed by atoms with E-state index in [-0.39, 0.29) is 40.9 Å². The number of nitrogens with zero attached hydrogens (tertiary/aromatic N) is 3. The molecule has 268 valence electrons. The van der Waals surface area contributed by atoms with Gasteiger partial charge in [0.2, 0.25) is 17.7 Å². The second-order valence-corrected chi connectivity index (χ2v) is 14.0. The molecule has 52 heavy (non-hydrogen) atoms. The number of carbonyl (C=O) groups excluding carboxylic acids is 4. The Labute approximate surface area is 302 Å². The van der Waals surface area contributed by atoms with E-state index >= 15 is 0 Å². The molecule has 0 bridgehead atoms. The van der Waals surface area contributed by atoms with Gasteiger partial charge in [0.1, 0.15) is 11.6 Å². The van der Waals surface area contributed by atoms with Gasteiger partial charge in [-0.1, -0.05) is 55.5 Å². The fraction of sp³-hybridized carbons (Fsp3) is 0.341. The van der Waals surface area contributed by atoms with E-state index in [1.54, 1.807) is 11.0 Å². The SMILES string of the molecule is CC(=O)Nc1ccc2oc(C(=O)N[C@H](Cc3ccc4c(c3)C=CC(C)C4)C(=O)N3CCN(c4ccccc4CN4CCCC4=O)CC3)cc(=O)c2c1. The van der Waals surface area contributed by atoms with Crippen molar-refractivity contribution in [2.45, 2.75) is 52.1 Å². The van der Waals surface area contributed by atoms with Crippen LogP contribution in [-0.4, -0.2) is 72.2 Å². The van der Waals surface area contributed by atoms with Crippen LogP contribution in [-0.2, 0) is 33.8 Å². The molecule has 2 fully saturated rings. The Bertz CT molecular complexity index is 2130. The number of carbonyl (C=O) groups is 4. The summed E-state index contributed by atoms with van der Waals surface area (Å²) < 4.78 is 5.86. The van der Waals surface area contributed by atoms with Gasteiger partial charge in [-0.05, 0) is 65.3 Å². The third kappa shape index (κ3) is 7.63. The highest BCUT2D eigenvalue weighted by atomic mass is 16.3. The molecule has 11 nitrogen and oxygen atoms in total. The molecule has 3 aromatic carbocycles. The van der Waals surface area contributed by atoms with Crippen molar-refractivity contribution in [3.05, 3.63) is 111 Å². The number of hydrogen-bond acceptors (Lipinski definition) is 7. The summed E-state index contributed by atoms with van der Waals surface area (Å²) in [7, 11) is 0. The van der Waals surface area contributed by atoms with Crippen LogP contribution in [0.2, 0.25) is 0 Å². The first-order valence-electron chi connectivity index (χ1n) is 18.0. The van der Waals surface area contributed by atoms with E-state index < -0.39 is 17.4 Å². The van der Waals surface area contributed by atoms with Crippen LogP contribution in [0.3, 0.4) is 0 Å². The van der Waals surface area contributed by atoms with Crippen molar-refractivity contribution in [3.8, 4) is 0 Å². The Kier molecular flexibility index (Phi) is 9.93. The Morgan fingerprint density at radius 2 is 1.75 bits per heavy atom. The van der Waals surface area contributed by atoms with E-state index in [9.17, 15) is 24.0 Å². The van der Waals surface area contributed by atoms with Crippen molar-refractivity contribution in [1.82, 2.24) is 15.1 Å². The summed E-state index contributed by atoms with van der Waals surface area (Å²) in [6.45, 7) is 6.99. The molecule has 2 aliphatic heterocycles. The highest BCUT2D eigenvalue weighted by Crippen LogP contribution is 2.27. The van der Waals surface area contributed by atoms with Crippen molar-refractivity contribution < 1.29 is 23.6 Å². The van der Waals surface area contributed by atoms with Gasteiger partial charge in [-0.2, -0.15) is 0 Å². The molecule has 11 heteroatoms. The number of hydrogen-bond donors (Lipinski definition) is 2. The lowest BCUT2D eigenvalue weighted by Gasteiger charge is -2.38. The fourth-order valence-electron chi connectivity index (χ4n) is 7.43. The molecule has 4 amide bonds. The smallest absolute Gasteiger partial charge is 0.287 e. The summed E-state index contributed by atoms with van der Waals surface area (Å²) in [5.74, 6) is -0.729. The second-order valence-electron chi connectivity index (χ2n) is 14.0. The van der Waals surface area contributed by atoms with Crippen molar-refractivity contribution in [2.75, 3.05) is 42.9 Å². The van der Waals surface area contributed by atoms with Crippen molar-refractivity contribution >= 4 is 52.0 Å². The summed E-state index contributed by atoms with van der Waals surface area (Å²) in [5.41, 5.74) is 5.60. The average Bonchev–Trinajstić information content (AvgIpc) is 3.54. The number of fused-ring (bicyclic) bond motifs is 2. The van der Waals surface area contributed by atoms with Crippen molar-refractivity contribution in [3.63, 3.8) is 0 Å². The van der Waals surface area contributed by atoms with Gasteiger partial charge in [0.25, 0.3) is 5.91 Å². The third-order valence-electron chi connectivity index (χ3n) is 10.1. The lowest BCUT2D eigenvalue weighted by molar-refractivity contribution is -0.133. The van der Waals surface area contributed by atoms with Gasteiger partial charge in [-0.25, -0.2) is 0 Å². The lowest BCUT2D eigenvalue weighted by Crippen LogP contribution is -2.55. The van der Waals surface area contributed by atoms with Crippen LogP contribution in [0.25, 0.3) is 17.0 Å². The van der Waals surface area contributed by atoms with Gasteiger partial charge >= 0.3 is 0 Å². The van der Waals surface area contributed by atoms with Crippen LogP contribution in [0, 0.1) is 5.92 Å². The van der Waals surface area contributed by atoms with E-state index in [4.69, 9.17) is 4.42 Å². The Morgan fingerprint density at radius 3 is 2.52 bits per heavy atom. The Hall–Kier alpha value is -5.71. The van der Waals surface area contributed by atoms with E-state index in [0.29, 0.717) is 50.7 Å². The number of amides is 4. The third-order valence-corrected chi connectivity index (χ3v) is 10.1. The summed E-state index contributed by atoms with van der Waals surface area (Å²) in [6, 6.07) is 19.1. The summed E-state index contributed by atoms with van der Waals surface area (Å²) in [6.07, 6.45) is 6.97. The molecule has 2 saturated heterocycles. The largest absolute Gasteiger partial charge is 0.451 e. The number of anilines is 2. The molecule has 2 atom stereocenters. The molecule has 0 radical (unpaired) electrons. The van der Waals surface area contributed by atoms with E-state index in [0.717, 1.165) is 47.8 Å². The van der Waals surface area contributed by atoms with Gasteiger partial charge in [-0.15, -0.1) is 0 Å². The van der Waals surface area contributed by atoms with Crippen LogP contribution in [0.15, 0.2) is 82.0 Å². The maximum atomic E-state index is 14.3. The zero-order valence-corrected chi connectivity index (χ0v) is 29.5. The number of nitrogens with one attached hydrogen (secondary N) is 2. The highest BCUT2D eigenvalue weighted by molar-refractivity contribution is 5.97. The molecule has 0 spiro atoms. The van der Waals surface area contributed by atoms with Crippen LogP contribution >= 0.6 is 0 Å². The first-order valence-corrected chi connectivity index (χ1v) is 18.0. The molecule has 1 aromatic heterocycles. The predicted octanol–water partition coefficient (Wildman–Crippen LogP) is 4.77. The van der Waals surface area contributed by atoms with Crippen LogP contribution < -0.4 is 21.0 Å². The normalized spacial score (nSPS) is 17.6. The predicted molar refractivity (Wildman–Crippen MR) is 200 cm³/mol. The molecule has 2 N–H and O–H groups in total. The molecule has 7 rings (SSSR count). The monoisotopic (exact) mass is 701 g/mol. The number of para-hydroxylation sites is 1. The molecule has 3 aliphatic rings. The summed E-state index contributed by atoms with van der Waals surface area (Å²) in [4.78, 5) is 70.9. The van der Waals surface area contributed by atoms with Gasteiger partial charge in [0.15, 0.2) is 11.2 Å². The van der Waals surface area contributed by atoms with Gasteiger partial charge in [0.05, 0.1) is 5.39 Å². The number of benzene rings is 3. The number of likely N-dealkylation sites (tertiary alicyclic amines) is 1. The maximum Gasteiger partial charge on any atom is 0.287 e. The maximum absolute atomic E-state index is 14.3. The molecule has 3 heterocycles. The topological polar surface area (TPSA) is 132 Å². The minimum Gasteiger partial charge on any atom is -0.451 e. The molecule has 1 unspecified atom stereocenters. The van der Waals surface area contributed by atoms with Crippen LogP contribution in [0.1, 0.15) is 59.5 Å². The minimum absolute atomic E-state index is 0.182. The zero-order valence-electron chi connectivity index (χ0n) is 29.5. The number of piperazine rings is 1. The van der Waals surface area contributed by atoms with E-state index in [2.05, 4.69) is 58.9 Å². The quantitative estimate of drug-likeness (QED) is 0.257. The van der Waals surface area contributed by atoms with Gasteiger partial charge in [-0.3, -0.25) is 24.0 Å². The Morgan fingerprint density at radius 1 is 0.942 bits per heavy atom. The summed E-state index contributed by atoms with van der Waals surface area (Å²) >= 11 is 0. The first kappa shape index (κ1) is 34.7. The molecule has 1 aliphatic carbocycles. The molecular weight excluding hydrogens is 658 g/mol. The first-order chi connectivity index (χ1) is 25.1. The molecule has 4 aromatic rings. The van der Waals surface area contributed by atoms with E-state index in [1.807, 2.05) is 23.1 Å². The Balaban J connectivity index is 1.10. The number of allylic oxidation sites excluding steroid dienone is 1. The van der Waals surface area contributed by atoms with Gasteiger partial charge < -0.3 is 29.8 Å². The lowest BCUT2D eigenvalue weighted by atomic mass is 9.89. The highest BCUT2D eigenvalue weighted by Gasteiger charge is 2.31. The average molecular weight is 702 g/mol. The second kappa shape index (κ2) is 14.9. The van der Waals surface area contributed by atoms with E-state index in [1.165, 1.54) is 24.6 Å². The van der Waals surface area contributed by atoms with Crippen molar-refractivity contribution in [2.24, 2.45) is 5.92 Å². The summed E-state index contributed by atoms with van der Waals surface area (Å²) in [5, 5.41) is 5.77.